The lowest BCUT2D eigenvalue weighted by Crippen LogP contribution is -2.12. The van der Waals surface area contributed by atoms with Crippen LogP contribution in [-0.2, 0) is 0 Å². The maximum absolute atomic E-state index is 12.7. The predicted molar refractivity (Wildman–Crippen MR) is 125 cm³/mol. The Balaban J connectivity index is 1.45. The topological polar surface area (TPSA) is 85.4 Å². The van der Waals surface area contributed by atoms with Crippen molar-refractivity contribution >= 4 is 23.1 Å². The number of nitrogens with one attached hydrogen (secondary N) is 2. The van der Waals surface area contributed by atoms with Gasteiger partial charge in [0.15, 0.2) is 5.82 Å². The van der Waals surface area contributed by atoms with Crippen LogP contribution in [-0.4, -0.2) is 30.1 Å². The summed E-state index contributed by atoms with van der Waals surface area (Å²) in [5.74, 6) is 2.23. The Morgan fingerprint density at radius 2 is 1.66 bits per heavy atom. The number of ether oxygens (including phenoxy) is 2. The predicted octanol–water partition coefficient (Wildman–Crippen LogP) is 5.16. The average molecular weight is 426 g/mol. The summed E-state index contributed by atoms with van der Waals surface area (Å²) < 4.78 is 10.5. The number of carbonyl (C=O) groups excluding carboxylic acids is 1. The molecule has 1 amide bonds. The first-order valence-corrected chi connectivity index (χ1v) is 9.95. The molecule has 7 heteroatoms. The summed E-state index contributed by atoms with van der Waals surface area (Å²) in [6.07, 6.45) is 1.71. The first-order chi connectivity index (χ1) is 15.7. The van der Waals surface area contributed by atoms with E-state index < -0.39 is 0 Å². The fourth-order valence-corrected chi connectivity index (χ4v) is 3.10. The van der Waals surface area contributed by atoms with Gasteiger partial charge in [0.05, 0.1) is 19.9 Å². The smallest absolute Gasteiger partial charge is 0.255 e. The molecule has 0 aliphatic carbocycles. The molecule has 4 rings (SSSR count). The monoisotopic (exact) mass is 426 g/mol. The molecule has 1 aromatic heterocycles. The Morgan fingerprint density at radius 3 is 2.38 bits per heavy atom. The van der Waals surface area contributed by atoms with Crippen molar-refractivity contribution in [3.63, 3.8) is 0 Å². The minimum atomic E-state index is -0.242. The van der Waals surface area contributed by atoms with Gasteiger partial charge in [-0.15, -0.1) is 0 Å². The quantitative estimate of drug-likeness (QED) is 0.425. The van der Waals surface area contributed by atoms with E-state index in [1.807, 2.05) is 42.5 Å². The van der Waals surface area contributed by atoms with Gasteiger partial charge in [0.1, 0.15) is 17.3 Å². The molecule has 0 atom stereocenters. The summed E-state index contributed by atoms with van der Waals surface area (Å²) in [5, 5.41) is 6.11. The zero-order valence-electron chi connectivity index (χ0n) is 17.7. The maximum Gasteiger partial charge on any atom is 0.255 e. The van der Waals surface area contributed by atoms with E-state index in [4.69, 9.17) is 9.47 Å². The van der Waals surface area contributed by atoms with Crippen LogP contribution in [0, 0.1) is 0 Å². The lowest BCUT2D eigenvalue weighted by Gasteiger charge is -2.12. The van der Waals surface area contributed by atoms with Crippen molar-refractivity contribution in [3.05, 3.63) is 90.6 Å². The second kappa shape index (κ2) is 9.61. The average Bonchev–Trinajstić information content (AvgIpc) is 2.85. The number of anilines is 3. The van der Waals surface area contributed by atoms with Crippen molar-refractivity contribution in [3.8, 4) is 22.9 Å². The van der Waals surface area contributed by atoms with Crippen LogP contribution in [0.3, 0.4) is 0 Å². The normalized spacial score (nSPS) is 10.3. The molecule has 4 aromatic rings. The summed E-state index contributed by atoms with van der Waals surface area (Å²) in [6.45, 7) is 0. The number of hydrogen-bond donors (Lipinski definition) is 2. The van der Waals surface area contributed by atoms with Gasteiger partial charge in [-0.1, -0.05) is 30.3 Å². The molecule has 0 fully saturated rings. The third-order valence-corrected chi connectivity index (χ3v) is 4.76. The van der Waals surface area contributed by atoms with Crippen LogP contribution in [0.2, 0.25) is 0 Å². The fourth-order valence-electron chi connectivity index (χ4n) is 3.10. The first-order valence-electron chi connectivity index (χ1n) is 9.95. The number of rotatable bonds is 7. The third kappa shape index (κ3) is 4.84. The van der Waals surface area contributed by atoms with Gasteiger partial charge in [0.2, 0.25) is 0 Å². The molecular weight excluding hydrogens is 404 g/mol. The lowest BCUT2D eigenvalue weighted by atomic mass is 10.2. The second-order valence-electron chi connectivity index (χ2n) is 6.85. The Morgan fingerprint density at radius 1 is 0.875 bits per heavy atom. The van der Waals surface area contributed by atoms with Crippen molar-refractivity contribution < 1.29 is 14.3 Å². The SMILES string of the molecule is COc1ccc(NC(=O)c2ccc(Nc3ccnc(-c4ccccc4)n3)cc2)c(OC)c1. The molecule has 160 valence electrons. The second-order valence-corrected chi connectivity index (χ2v) is 6.85. The zero-order valence-corrected chi connectivity index (χ0v) is 17.7. The van der Waals surface area contributed by atoms with Crippen LogP contribution < -0.4 is 20.1 Å². The van der Waals surface area contributed by atoms with Gasteiger partial charge in [0.25, 0.3) is 5.91 Å². The van der Waals surface area contributed by atoms with Crippen LogP contribution in [0.1, 0.15) is 10.4 Å². The highest BCUT2D eigenvalue weighted by molar-refractivity contribution is 6.05. The molecule has 32 heavy (non-hydrogen) atoms. The van der Waals surface area contributed by atoms with Gasteiger partial charge in [-0.3, -0.25) is 4.79 Å². The van der Waals surface area contributed by atoms with E-state index in [1.165, 1.54) is 0 Å². The number of aromatic nitrogens is 2. The molecule has 0 saturated heterocycles. The highest BCUT2D eigenvalue weighted by Crippen LogP contribution is 2.29. The minimum absolute atomic E-state index is 0.242. The number of nitrogens with zero attached hydrogens (tertiary/aromatic N) is 2. The van der Waals surface area contributed by atoms with Gasteiger partial charge in [-0.25, -0.2) is 9.97 Å². The molecule has 1 heterocycles. The molecule has 0 radical (unpaired) electrons. The molecule has 0 unspecified atom stereocenters. The standard InChI is InChI=1S/C25H22N4O3/c1-31-20-12-13-21(22(16-20)32-2)28-25(30)18-8-10-19(11-9-18)27-23-14-15-26-24(29-23)17-6-4-3-5-7-17/h3-16H,1-2H3,(H,28,30)(H,26,27,29). The van der Waals surface area contributed by atoms with Crippen LogP contribution in [0.4, 0.5) is 17.2 Å². The van der Waals surface area contributed by atoms with E-state index in [0.717, 1.165) is 11.3 Å². The number of benzene rings is 3. The van der Waals surface area contributed by atoms with Crippen molar-refractivity contribution in [1.82, 2.24) is 9.97 Å². The molecule has 2 N–H and O–H groups in total. The van der Waals surface area contributed by atoms with E-state index >= 15 is 0 Å². The number of hydrogen-bond acceptors (Lipinski definition) is 6. The van der Waals surface area contributed by atoms with Gasteiger partial charge >= 0.3 is 0 Å². The van der Waals surface area contributed by atoms with Crippen molar-refractivity contribution in [1.29, 1.82) is 0 Å². The summed E-state index contributed by atoms with van der Waals surface area (Å²) in [4.78, 5) is 21.6. The molecule has 0 bridgehead atoms. The summed E-state index contributed by atoms with van der Waals surface area (Å²) in [6, 6.07) is 23.9. The number of carbonyl (C=O) groups is 1. The summed E-state index contributed by atoms with van der Waals surface area (Å²) in [7, 11) is 3.12. The van der Waals surface area contributed by atoms with Gasteiger partial charge in [0, 0.05) is 29.1 Å². The third-order valence-electron chi connectivity index (χ3n) is 4.76. The molecule has 0 spiro atoms. The van der Waals surface area contributed by atoms with Crippen LogP contribution in [0.5, 0.6) is 11.5 Å². The maximum atomic E-state index is 12.7. The Labute approximate surface area is 186 Å². The van der Waals surface area contributed by atoms with E-state index in [2.05, 4.69) is 20.6 Å². The highest BCUT2D eigenvalue weighted by atomic mass is 16.5. The van der Waals surface area contributed by atoms with Crippen LogP contribution in [0.15, 0.2) is 85.1 Å². The van der Waals surface area contributed by atoms with E-state index in [9.17, 15) is 4.79 Å². The lowest BCUT2D eigenvalue weighted by molar-refractivity contribution is 0.102. The Kier molecular flexibility index (Phi) is 6.27. The number of amides is 1. The molecule has 7 nitrogen and oxygen atoms in total. The summed E-state index contributed by atoms with van der Waals surface area (Å²) >= 11 is 0. The Hall–Kier alpha value is -4.39. The molecule has 3 aromatic carbocycles. The van der Waals surface area contributed by atoms with Gasteiger partial charge in [-0.05, 0) is 42.5 Å². The Bertz CT molecular complexity index is 1210. The molecule has 0 aliphatic rings. The zero-order chi connectivity index (χ0) is 22.3. The molecule has 0 aliphatic heterocycles. The minimum Gasteiger partial charge on any atom is -0.497 e. The van der Waals surface area contributed by atoms with Crippen molar-refractivity contribution in [2.75, 3.05) is 24.9 Å². The first kappa shape index (κ1) is 20.9. The largest absolute Gasteiger partial charge is 0.497 e. The van der Waals surface area contributed by atoms with Crippen molar-refractivity contribution in [2.45, 2.75) is 0 Å². The van der Waals surface area contributed by atoms with Gasteiger partial charge in [-0.2, -0.15) is 0 Å². The van der Waals surface area contributed by atoms with Crippen molar-refractivity contribution in [2.24, 2.45) is 0 Å². The number of methoxy groups -OCH3 is 2. The van der Waals surface area contributed by atoms with E-state index in [-0.39, 0.29) is 5.91 Å². The van der Waals surface area contributed by atoms with E-state index in [0.29, 0.717) is 34.4 Å². The van der Waals surface area contributed by atoms with Gasteiger partial charge < -0.3 is 20.1 Å². The molecule has 0 saturated carbocycles. The fraction of sp³-hybridized carbons (Fsp3) is 0.0800. The van der Waals surface area contributed by atoms with Crippen LogP contribution in [0.25, 0.3) is 11.4 Å². The van der Waals surface area contributed by atoms with E-state index in [1.54, 1.807) is 56.8 Å². The molecular formula is C25H22N4O3. The summed E-state index contributed by atoms with van der Waals surface area (Å²) in [5.41, 5.74) is 2.83. The van der Waals surface area contributed by atoms with Crippen LogP contribution >= 0.6 is 0 Å². The highest BCUT2D eigenvalue weighted by Gasteiger charge is 2.11.